The highest BCUT2D eigenvalue weighted by molar-refractivity contribution is 5.95. The molecule has 0 aliphatic heterocycles. The first-order chi connectivity index (χ1) is 9.82. The Hall–Kier alpha value is -1.51. The predicted molar refractivity (Wildman–Crippen MR) is 88.8 cm³/mol. The van der Waals surface area contributed by atoms with Gasteiger partial charge in [0.15, 0.2) is 0 Å². The summed E-state index contributed by atoms with van der Waals surface area (Å²) < 4.78 is 0. The summed E-state index contributed by atoms with van der Waals surface area (Å²) in [6.45, 7) is 9.14. The van der Waals surface area contributed by atoms with Gasteiger partial charge >= 0.3 is 0 Å². The molecule has 2 rings (SSSR count). The zero-order chi connectivity index (χ0) is 15.6. The van der Waals surface area contributed by atoms with Crippen molar-refractivity contribution in [2.45, 2.75) is 53.0 Å². The van der Waals surface area contributed by atoms with Crippen LogP contribution in [-0.2, 0) is 0 Å². The van der Waals surface area contributed by atoms with Crippen molar-refractivity contribution >= 4 is 11.6 Å². The van der Waals surface area contributed by atoms with Gasteiger partial charge in [0, 0.05) is 24.3 Å². The van der Waals surface area contributed by atoms with E-state index in [-0.39, 0.29) is 5.91 Å². The molecule has 1 aliphatic rings. The van der Waals surface area contributed by atoms with Crippen molar-refractivity contribution in [3.8, 4) is 0 Å². The third-order valence-electron chi connectivity index (χ3n) is 4.76. The van der Waals surface area contributed by atoms with Gasteiger partial charge in [0.2, 0.25) is 0 Å². The molecular weight excluding hydrogens is 260 g/mol. The van der Waals surface area contributed by atoms with Gasteiger partial charge in [-0.2, -0.15) is 0 Å². The van der Waals surface area contributed by atoms with Gasteiger partial charge in [-0.05, 0) is 55.2 Å². The lowest BCUT2D eigenvalue weighted by atomic mass is 9.70. The van der Waals surface area contributed by atoms with Crippen molar-refractivity contribution in [2.75, 3.05) is 12.4 Å². The SMILES string of the molecule is CNC(=O)c1ccc(C)c(NC2CCC(C)(C)CC2C)c1. The lowest BCUT2D eigenvalue weighted by Crippen LogP contribution is -2.37. The normalized spacial score (nSPS) is 24.4. The summed E-state index contributed by atoms with van der Waals surface area (Å²) in [5, 5.41) is 6.36. The quantitative estimate of drug-likeness (QED) is 0.883. The molecule has 0 spiro atoms. The molecular formula is C18H28N2O. The van der Waals surface area contributed by atoms with Crippen LogP contribution in [0.1, 0.15) is 56.0 Å². The van der Waals surface area contributed by atoms with Crippen LogP contribution >= 0.6 is 0 Å². The van der Waals surface area contributed by atoms with E-state index in [2.05, 4.69) is 38.3 Å². The van der Waals surface area contributed by atoms with Crippen molar-refractivity contribution in [2.24, 2.45) is 11.3 Å². The highest BCUT2D eigenvalue weighted by atomic mass is 16.1. The number of hydrogen-bond donors (Lipinski definition) is 2. The molecule has 3 nitrogen and oxygen atoms in total. The second-order valence-electron chi connectivity index (χ2n) is 7.24. The average molecular weight is 288 g/mol. The summed E-state index contributed by atoms with van der Waals surface area (Å²) in [7, 11) is 1.67. The fourth-order valence-corrected chi connectivity index (χ4v) is 3.42. The first kappa shape index (κ1) is 15.9. The van der Waals surface area contributed by atoms with E-state index in [9.17, 15) is 4.79 Å². The van der Waals surface area contributed by atoms with Gasteiger partial charge in [-0.25, -0.2) is 0 Å². The molecule has 1 aliphatic carbocycles. The van der Waals surface area contributed by atoms with Gasteiger partial charge in [0.25, 0.3) is 5.91 Å². The van der Waals surface area contributed by atoms with Crippen molar-refractivity contribution in [3.05, 3.63) is 29.3 Å². The zero-order valence-corrected chi connectivity index (χ0v) is 13.9. The van der Waals surface area contributed by atoms with Crippen LogP contribution in [0.25, 0.3) is 0 Å². The molecule has 2 unspecified atom stereocenters. The highest BCUT2D eigenvalue weighted by Crippen LogP contribution is 2.39. The third kappa shape index (κ3) is 3.78. The van der Waals surface area contributed by atoms with E-state index >= 15 is 0 Å². The van der Waals surface area contributed by atoms with Crippen molar-refractivity contribution in [1.29, 1.82) is 0 Å². The number of amides is 1. The number of nitrogens with one attached hydrogen (secondary N) is 2. The molecule has 0 bridgehead atoms. The smallest absolute Gasteiger partial charge is 0.251 e. The number of hydrogen-bond acceptors (Lipinski definition) is 2. The van der Waals surface area contributed by atoms with E-state index in [0.29, 0.717) is 17.4 Å². The third-order valence-corrected chi connectivity index (χ3v) is 4.76. The van der Waals surface area contributed by atoms with Crippen LogP contribution in [-0.4, -0.2) is 19.0 Å². The molecule has 1 amide bonds. The number of carbonyl (C=O) groups is 1. The van der Waals surface area contributed by atoms with E-state index in [4.69, 9.17) is 0 Å². The molecule has 0 aromatic heterocycles. The number of anilines is 1. The Bertz CT molecular complexity index is 522. The molecule has 1 saturated carbocycles. The number of aryl methyl sites for hydroxylation is 1. The standard InChI is InChI=1S/C18H28N2O/c1-12-6-7-14(17(21)19-5)10-16(12)20-15-8-9-18(3,4)11-13(15)2/h6-7,10,13,15,20H,8-9,11H2,1-5H3,(H,19,21). The Kier molecular flexibility index (Phi) is 4.60. The molecule has 2 N–H and O–H groups in total. The molecule has 1 aromatic rings. The fourth-order valence-electron chi connectivity index (χ4n) is 3.42. The molecule has 116 valence electrons. The maximum Gasteiger partial charge on any atom is 0.251 e. The molecule has 1 aromatic carbocycles. The van der Waals surface area contributed by atoms with Crippen molar-refractivity contribution in [1.82, 2.24) is 5.32 Å². The molecule has 0 radical (unpaired) electrons. The van der Waals surface area contributed by atoms with Crippen LogP contribution in [0.4, 0.5) is 5.69 Å². The van der Waals surface area contributed by atoms with E-state index < -0.39 is 0 Å². The summed E-state index contributed by atoms with van der Waals surface area (Å²) >= 11 is 0. The topological polar surface area (TPSA) is 41.1 Å². The largest absolute Gasteiger partial charge is 0.382 e. The van der Waals surface area contributed by atoms with E-state index in [0.717, 1.165) is 11.3 Å². The number of benzene rings is 1. The number of carbonyl (C=O) groups excluding carboxylic acids is 1. The predicted octanol–water partition coefficient (Wildman–Crippen LogP) is 3.98. The van der Waals surface area contributed by atoms with E-state index in [1.807, 2.05) is 18.2 Å². The summed E-state index contributed by atoms with van der Waals surface area (Å²) in [6, 6.07) is 6.37. The Balaban J connectivity index is 2.14. The Morgan fingerprint density at radius 1 is 1.33 bits per heavy atom. The molecule has 0 saturated heterocycles. The average Bonchev–Trinajstić information content (AvgIpc) is 2.42. The minimum atomic E-state index is -0.0316. The Labute approximate surface area is 128 Å². The van der Waals surface area contributed by atoms with Crippen LogP contribution in [0.2, 0.25) is 0 Å². The van der Waals surface area contributed by atoms with Crippen molar-refractivity contribution < 1.29 is 4.79 Å². The summed E-state index contributed by atoms with van der Waals surface area (Å²) in [5.41, 5.74) is 3.46. The minimum absolute atomic E-state index is 0.0316. The molecule has 21 heavy (non-hydrogen) atoms. The van der Waals surface area contributed by atoms with Gasteiger partial charge in [-0.15, -0.1) is 0 Å². The van der Waals surface area contributed by atoms with E-state index in [1.165, 1.54) is 24.8 Å². The summed E-state index contributed by atoms with van der Waals surface area (Å²) in [6.07, 6.45) is 3.69. The van der Waals surface area contributed by atoms with Crippen LogP contribution in [0, 0.1) is 18.3 Å². The Morgan fingerprint density at radius 3 is 2.67 bits per heavy atom. The van der Waals surface area contributed by atoms with Gasteiger partial charge in [0.05, 0.1) is 0 Å². The lowest BCUT2D eigenvalue weighted by molar-refractivity contribution is 0.0963. The molecule has 0 heterocycles. The lowest BCUT2D eigenvalue weighted by Gasteiger charge is -2.40. The van der Waals surface area contributed by atoms with E-state index in [1.54, 1.807) is 7.05 Å². The maximum absolute atomic E-state index is 11.8. The summed E-state index contributed by atoms with van der Waals surface area (Å²) in [4.78, 5) is 11.8. The van der Waals surface area contributed by atoms with Gasteiger partial charge in [-0.1, -0.05) is 26.8 Å². The molecule has 3 heteroatoms. The van der Waals surface area contributed by atoms with Crippen LogP contribution in [0.15, 0.2) is 18.2 Å². The zero-order valence-electron chi connectivity index (χ0n) is 13.9. The number of rotatable bonds is 3. The van der Waals surface area contributed by atoms with Crippen LogP contribution in [0.5, 0.6) is 0 Å². The molecule has 1 fully saturated rings. The van der Waals surface area contributed by atoms with Crippen molar-refractivity contribution in [3.63, 3.8) is 0 Å². The first-order valence-electron chi connectivity index (χ1n) is 7.92. The van der Waals surface area contributed by atoms with Crippen LogP contribution < -0.4 is 10.6 Å². The highest BCUT2D eigenvalue weighted by Gasteiger charge is 2.32. The first-order valence-corrected chi connectivity index (χ1v) is 7.92. The van der Waals surface area contributed by atoms with Crippen LogP contribution in [0.3, 0.4) is 0 Å². The summed E-state index contributed by atoms with van der Waals surface area (Å²) in [5.74, 6) is 0.618. The monoisotopic (exact) mass is 288 g/mol. The van der Waals surface area contributed by atoms with Gasteiger partial charge in [-0.3, -0.25) is 4.79 Å². The molecule has 2 atom stereocenters. The second-order valence-corrected chi connectivity index (χ2v) is 7.24. The maximum atomic E-state index is 11.8. The second kappa shape index (κ2) is 6.08. The fraction of sp³-hybridized carbons (Fsp3) is 0.611. The Morgan fingerprint density at radius 2 is 2.05 bits per heavy atom. The van der Waals surface area contributed by atoms with Gasteiger partial charge in [0.1, 0.15) is 0 Å². The minimum Gasteiger partial charge on any atom is -0.382 e. The van der Waals surface area contributed by atoms with Gasteiger partial charge < -0.3 is 10.6 Å².